The third-order valence-corrected chi connectivity index (χ3v) is 3.44. The molecule has 1 amide bonds. The second-order valence-corrected chi connectivity index (χ2v) is 5.45. The van der Waals surface area contributed by atoms with Gasteiger partial charge in [0.2, 0.25) is 15.9 Å². The average molecular weight is 260 g/mol. The lowest BCUT2D eigenvalue weighted by Crippen LogP contribution is -2.46. The second-order valence-electron chi connectivity index (χ2n) is 3.59. The first-order valence-corrected chi connectivity index (χ1v) is 6.63. The van der Waals surface area contributed by atoms with Gasteiger partial charge in [-0.15, -0.1) is 0 Å². The maximum atomic E-state index is 13.5. The molecule has 0 heterocycles. The van der Waals surface area contributed by atoms with E-state index in [4.69, 9.17) is 5.73 Å². The van der Waals surface area contributed by atoms with E-state index in [0.717, 1.165) is 12.3 Å². The molecule has 0 aliphatic rings. The predicted octanol–water partition coefficient (Wildman–Crippen LogP) is 0.465. The largest absolute Gasteiger partial charge is 0.368 e. The number of nitrogens with zero attached hydrogens (tertiary/aromatic N) is 1. The fourth-order valence-electron chi connectivity index (χ4n) is 1.42. The van der Waals surface area contributed by atoms with Gasteiger partial charge in [0.15, 0.2) is 0 Å². The molecular formula is C10H13FN2O3S. The predicted molar refractivity (Wildman–Crippen MR) is 62.4 cm³/mol. The fraction of sp³-hybridized carbons (Fsp3) is 0.300. The van der Waals surface area contributed by atoms with Crippen LogP contribution in [-0.4, -0.2) is 26.6 Å². The van der Waals surface area contributed by atoms with Gasteiger partial charge in [0.25, 0.3) is 0 Å². The molecule has 0 aliphatic heterocycles. The molecule has 0 bridgehead atoms. The Bertz CT molecular complexity index is 530. The van der Waals surface area contributed by atoms with Crippen molar-refractivity contribution in [2.24, 2.45) is 5.73 Å². The zero-order chi connectivity index (χ0) is 13.2. The Kier molecular flexibility index (Phi) is 3.72. The molecule has 5 nitrogen and oxygen atoms in total. The number of para-hydroxylation sites is 1. The van der Waals surface area contributed by atoms with Crippen molar-refractivity contribution < 1.29 is 17.6 Å². The summed E-state index contributed by atoms with van der Waals surface area (Å²) in [5.74, 6) is -1.58. The van der Waals surface area contributed by atoms with Crippen molar-refractivity contribution in [3.05, 3.63) is 30.1 Å². The molecule has 17 heavy (non-hydrogen) atoms. The molecule has 0 fully saturated rings. The minimum atomic E-state index is -3.79. The topological polar surface area (TPSA) is 80.5 Å². The first-order valence-electron chi connectivity index (χ1n) is 4.78. The van der Waals surface area contributed by atoms with E-state index in [9.17, 15) is 17.6 Å². The molecule has 2 N–H and O–H groups in total. The number of anilines is 1. The van der Waals surface area contributed by atoms with Crippen molar-refractivity contribution in [2.75, 3.05) is 10.6 Å². The van der Waals surface area contributed by atoms with Crippen LogP contribution in [0.1, 0.15) is 6.92 Å². The monoisotopic (exact) mass is 260 g/mol. The number of carbonyl (C=O) groups excluding carboxylic acids is 1. The SMILES string of the molecule is CC(C(N)=O)N(c1ccccc1F)S(C)(=O)=O. The first kappa shape index (κ1) is 13.4. The van der Waals surface area contributed by atoms with Crippen LogP contribution < -0.4 is 10.0 Å². The normalized spacial score (nSPS) is 13.1. The van der Waals surface area contributed by atoms with Gasteiger partial charge in [0.1, 0.15) is 11.9 Å². The average Bonchev–Trinajstić information content (AvgIpc) is 2.19. The molecule has 1 rings (SSSR count). The lowest BCUT2D eigenvalue weighted by Gasteiger charge is -2.27. The number of nitrogens with two attached hydrogens (primary N) is 1. The molecule has 94 valence electrons. The Morgan fingerprint density at radius 2 is 1.94 bits per heavy atom. The van der Waals surface area contributed by atoms with E-state index >= 15 is 0 Å². The van der Waals surface area contributed by atoms with Gasteiger partial charge >= 0.3 is 0 Å². The van der Waals surface area contributed by atoms with E-state index in [0.29, 0.717) is 4.31 Å². The van der Waals surface area contributed by atoms with Gasteiger partial charge in [-0.05, 0) is 19.1 Å². The lowest BCUT2D eigenvalue weighted by molar-refractivity contribution is -0.118. The lowest BCUT2D eigenvalue weighted by atomic mass is 10.2. The number of halogens is 1. The van der Waals surface area contributed by atoms with Crippen molar-refractivity contribution in [2.45, 2.75) is 13.0 Å². The number of rotatable bonds is 4. The number of hydrogen-bond acceptors (Lipinski definition) is 3. The van der Waals surface area contributed by atoms with Crippen LogP contribution in [0.5, 0.6) is 0 Å². The summed E-state index contributed by atoms with van der Waals surface area (Å²) in [4.78, 5) is 11.1. The van der Waals surface area contributed by atoms with Crippen LogP contribution in [0.2, 0.25) is 0 Å². The summed E-state index contributed by atoms with van der Waals surface area (Å²) in [5.41, 5.74) is 4.86. The van der Waals surface area contributed by atoms with Crippen LogP contribution in [0.25, 0.3) is 0 Å². The number of benzene rings is 1. The number of sulfonamides is 1. The van der Waals surface area contributed by atoms with E-state index in [2.05, 4.69) is 0 Å². The molecule has 0 spiro atoms. The van der Waals surface area contributed by atoms with Gasteiger partial charge in [-0.3, -0.25) is 9.10 Å². The molecule has 0 aromatic heterocycles. The third kappa shape index (κ3) is 2.94. The van der Waals surface area contributed by atoms with Gasteiger partial charge in [-0.25, -0.2) is 12.8 Å². The minimum Gasteiger partial charge on any atom is -0.368 e. The Labute approximate surface area is 99.1 Å². The maximum absolute atomic E-state index is 13.5. The Morgan fingerprint density at radius 3 is 2.35 bits per heavy atom. The van der Waals surface area contributed by atoms with Crippen LogP contribution >= 0.6 is 0 Å². The summed E-state index contributed by atoms with van der Waals surface area (Å²) in [7, 11) is -3.79. The van der Waals surface area contributed by atoms with Crippen LogP contribution in [-0.2, 0) is 14.8 Å². The molecule has 0 radical (unpaired) electrons. The standard InChI is InChI=1S/C10H13FN2O3S/c1-7(10(12)14)13(17(2,15)16)9-6-4-3-5-8(9)11/h3-7H,1-2H3,(H2,12,14). The number of carbonyl (C=O) groups is 1. The van der Waals surface area contributed by atoms with E-state index < -0.39 is 27.8 Å². The quantitative estimate of drug-likeness (QED) is 0.854. The summed E-state index contributed by atoms with van der Waals surface area (Å²) in [6, 6.07) is 4.14. The van der Waals surface area contributed by atoms with Crippen LogP contribution in [0.15, 0.2) is 24.3 Å². The van der Waals surface area contributed by atoms with Gasteiger partial charge in [0, 0.05) is 0 Å². The first-order chi connectivity index (χ1) is 7.75. The Morgan fingerprint density at radius 1 is 1.41 bits per heavy atom. The zero-order valence-electron chi connectivity index (χ0n) is 9.42. The molecule has 1 unspecified atom stereocenters. The number of primary amides is 1. The smallest absolute Gasteiger partial charge is 0.241 e. The van der Waals surface area contributed by atoms with Gasteiger partial charge in [0.05, 0.1) is 11.9 Å². The van der Waals surface area contributed by atoms with Crippen molar-refractivity contribution in [3.63, 3.8) is 0 Å². The number of hydrogen-bond donors (Lipinski definition) is 1. The van der Waals surface area contributed by atoms with Crippen LogP contribution in [0, 0.1) is 5.82 Å². The highest BCUT2D eigenvalue weighted by molar-refractivity contribution is 7.92. The highest BCUT2D eigenvalue weighted by Crippen LogP contribution is 2.23. The van der Waals surface area contributed by atoms with Crippen molar-refractivity contribution in [1.29, 1.82) is 0 Å². The van der Waals surface area contributed by atoms with E-state index in [-0.39, 0.29) is 5.69 Å². The molecule has 1 aromatic carbocycles. The molecule has 0 aliphatic carbocycles. The maximum Gasteiger partial charge on any atom is 0.241 e. The van der Waals surface area contributed by atoms with Gasteiger partial charge < -0.3 is 5.73 Å². The van der Waals surface area contributed by atoms with E-state index in [1.165, 1.54) is 25.1 Å². The Balaban J connectivity index is 3.36. The molecule has 1 atom stereocenters. The van der Waals surface area contributed by atoms with Crippen molar-refractivity contribution in [3.8, 4) is 0 Å². The van der Waals surface area contributed by atoms with Crippen LogP contribution in [0.4, 0.5) is 10.1 Å². The highest BCUT2D eigenvalue weighted by atomic mass is 32.2. The van der Waals surface area contributed by atoms with E-state index in [1.807, 2.05) is 0 Å². The fourth-order valence-corrected chi connectivity index (χ4v) is 2.60. The summed E-state index contributed by atoms with van der Waals surface area (Å²) in [6.45, 7) is 1.30. The summed E-state index contributed by atoms with van der Waals surface area (Å²) < 4.78 is 37.4. The van der Waals surface area contributed by atoms with E-state index in [1.54, 1.807) is 0 Å². The highest BCUT2D eigenvalue weighted by Gasteiger charge is 2.29. The van der Waals surface area contributed by atoms with Gasteiger partial charge in [-0.1, -0.05) is 12.1 Å². The van der Waals surface area contributed by atoms with Crippen molar-refractivity contribution in [1.82, 2.24) is 0 Å². The molecule has 7 heteroatoms. The molecule has 1 aromatic rings. The molecule has 0 saturated heterocycles. The summed E-state index contributed by atoms with van der Waals surface area (Å²) >= 11 is 0. The Hall–Kier alpha value is -1.63. The van der Waals surface area contributed by atoms with Crippen LogP contribution in [0.3, 0.4) is 0 Å². The number of amides is 1. The zero-order valence-corrected chi connectivity index (χ0v) is 10.2. The molecule has 0 saturated carbocycles. The van der Waals surface area contributed by atoms with Gasteiger partial charge in [-0.2, -0.15) is 0 Å². The van der Waals surface area contributed by atoms with Crippen molar-refractivity contribution >= 4 is 21.6 Å². The minimum absolute atomic E-state index is 0.193. The summed E-state index contributed by atoms with van der Waals surface area (Å²) in [6.07, 6.45) is 0.888. The molecular weight excluding hydrogens is 247 g/mol. The third-order valence-electron chi connectivity index (χ3n) is 2.21. The summed E-state index contributed by atoms with van der Waals surface area (Å²) in [5, 5.41) is 0. The second kappa shape index (κ2) is 4.70.